The van der Waals surface area contributed by atoms with Gasteiger partial charge in [0.15, 0.2) is 6.23 Å². The molecule has 6 aromatic carbocycles. The molecule has 4 nitrogen and oxygen atoms in total. The molecule has 0 spiro atoms. The molecule has 1 aliphatic heterocycles. The number of furan rings is 1. The molecule has 1 atom stereocenters. The summed E-state index contributed by atoms with van der Waals surface area (Å²) in [5.41, 5.74) is 9.42. The van der Waals surface area contributed by atoms with Gasteiger partial charge in [-0.1, -0.05) is 91.0 Å². The van der Waals surface area contributed by atoms with Gasteiger partial charge in [0.05, 0.1) is 22.1 Å². The zero-order valence-electron chi connectivity index (χ0n) is 22.0. The smallest absolute Gasteiger partial charge is 0.196 e. The fourth-order valence-electron chi connectivity index (χ4n) is 6.39. The van der Waals surface area contributed by atoms with E-state index in [4.69, 9.17) is 9.15 Å². The summed E-state index contributed by atoms with van der Waals surface area (Å²) in [7, 11) is 0. The first-order valence-electron chi connectivity index (χ1n) is 13.9. The van der Waals surface area contributed by atoms with E-state index in [9.17, 15) is 0 Å². The van der Waals surface area contributed by atoms with Crippen LogP contribution in [0.15, 0.2) is 138 Å². The number of aromatic nitrogens is 1. The molecule has 0 fully saturated rings. The fourth-order valence-corrected chi connectivity index (χ4v) is 6.39. The Balaban J connectivity index is 1.22. The number of fused-ring (bicyclic) bond motifs is 8. The van der Waals surface area contributed by atoms with Crippen LogP contribution in [-0.4, -0.2) is 4.57 Å². The molecule has 1 N–H and O–H groups in total. The maximum absolute atomic E-state index is 6.67. The lowest BCUT2D eigenvalue weighted by Crippen LogP contribution is -2.10. The summed E-state index contributed by atoms with van der Waals surface area (Å²) in [6.45, 7) is 0. The normalized spacial score (nSPS) is 14.5. The van der Waals surface area contributed by atoms with Crippen molar-refractivity contribution in [2.75, 3.05) is 5.32 Å². The maximum Gasteiger partial charge on any atom is 0.196 e. The van der Waals surface area contributed by atoms with E-state index < -0.39 is 0 Å². The monoisotopic (exact) mass is 528 g/mol. The number of nitrogens with zero attached hydrogens (tertiary/aromatic N) is 1. The van der Waals surface area contributed by atoms with Gasteiger partial charge >= 0.3 is 0 Å². The molecule has 1 unspecified atom stereocenters. The van der Waals surface area contributed by atoms with E-state index >= 15 is 0 Å². The van der Waals surface area contributed by atoms with Crippen molar-refractivity contribution in [1.29, 1.82) is 0 Å². The molecule has 0 radical (unpaired) electrons. The summed E-state index contributed by atoms with van der Waals surface area (Å²) < 4.78 is 15.5. The molecule has 4 heteroatoms. The van der Waals surface area contributed by atoms with Gasteiger partial charge in [-0.05, 0) is 48.0 Å². The van der Waals surface area contributed by atoms with E-state index in [1.807, 2.05) is 18.2 Å². The van der Waals surface area contributed by atoms with E-state index in [1.165, 1.54) is 21.8 Å². The molecule has 9 rings (SSSR count). The van der Waals surface area contributed by atoms with Gasteiger partial charge in [0.25, 0.3) is 0 Å². The molecule has 194 valence electrons. The first-order chi connectivity index (χ1) is 20.3. The SMILES string of the molecule is c1ccc(-c2cc3c(c4c2oc2ccccc24)NC(c2ccc4c(c2)c2ccccc2n4-c2ccccc2)O3)cc1. The molecular weight excluding hydrogens is 504 g/mol. The molecule has 3 heterocycles. The molecule has 2 aromatic heterocycles. The topological polar surface area (TPSA) is 39.3 Å². The van der Waals surface area contributed by atoms with Gasteiger partial charge in [-0.25, -0.2) is 0 Å². The van der Waals surface area contributed by atoms with Gasteiger partial charge < -0.3 is 19.0 Å². The second-order valence-corrected chi connectivity index (χ2v) is 10.6. The van der Waals surface area contributed by atoms with E-state index in [2.05, 4.69) is 125 Å². The Kier molecular flexibility index (Phi) is 4.64. The zero-order chi connectivity index (χ0) is 26.9. The van der Waals surface area contributed by atoms with Crippen molar-refractivity contribution < 1.29 is 9.15 Å². The van der Waals surface area contributed by atoms with Gasteiger partial charge in [-0.2, -0.15) is 0 Å². The van der Waals surface area contributed by atoms with Crippen LogP contribution < -0.4 is 10.1 Å². The number of benzene rings is 6. The molecule has 0 bridgehead atoms. The van der Waals surface area contributed by atoms with Crippen LogP contribution in [0.3, 0.4) is 0 Å². The van der Waals surface area contributed by atoms with Crippen LogP contribution >= 0.6 is 0 Å². The standard InChI is InChI=1S/C37H24N2O2/c1-3-11-23(12-4-1)28-22-33-35(34-27-16-8-10-18-32(27)40-36(28)34)38-37(41-33)24-19-20-31-29(21-24)26-15-7-9-17-30(26)39(31)25-13-5-2-6-14-25/h1-22,37-38H. The minimum absolute atomic E-state index is 0.323. The largest absolute Gasteiger partial charge is 0.464 e. The first-order valence-corrected chi connectivity index (χ1v) is 13.9. The molecule has 0 amide bonds. The highest BCUT2D eigenvalue weighted by atomic mass is 16.5. The van der Waals surface area contributed by atoms with Crippen LogP contribution in [0.4, 0.5) is 5.69 Å². The Morgan fingerprint density at radius 3 is 2.17 bits per heavy atom. The van der Waals surface area contributed by atoms with E-state index in [0.29, 0.717) is 0 Å². The average molecular weight is 529 g/mol. The Morgan fingerprint density at radius 2 is 1.32 bits per heavy atom. The van der Waals surface area contributed by atoms with Crippen molar-refractivity contribution in [3.63, 3.8) is 0 Å². The first kappa shape index (κ1) is 22.3. The Morgan fingerprint density at radius 1 is 0.610 bits per heavy atom. The van der Waals surface area contributed by atoms with Crippen LogP contribution in [0.25, 0.3) is 60.6 Å². The summed E-state index contributed by atoms with van der Waals surface area (Å²) in [4.78, 5) is 0. The summed E-state index contributed by atoms with van der Waals surface area (Å²) in [5.74, 6) is 0.833. The number of para-hydroxylation sites is 3. The lowest BCUT2D eigenvalue weighted by Gasteiger charge is -2.13. The average Bonchev–Trinajstić information content (AvgIpc) is 3.73. The third-order valence-corrected chi connectivity index (χ3v) is 8.23. The van der Waals surface area contributed by atoms with Crippen molar-refractivity contribution in [1.82, 2.24) is 4.57 Å². The molecule has 41 heavy (non-hydrogen) atoms. The Hall–Kier alpha value is -5.48. The predicted octanol–water partition coefficient (Wildman–Crippen LogP) is 9.85. The van der Waals surface area contributed by atoms with Crippen molar-refractivity contribution in [2.24, 2.45) is 0 Å². The molecular formula is C37H24N2O2. The van der Waals surface area contributed by atoms with Crippen LogP contribution in [0.5, 0.6) is 5.75 Å². The van der Waals surface area contributed by atoms with Gasteiger partial charge in [-0.15, -0.1) is 0 Å². The van der Waals surface area contributed by atoms with Crippen molar-refractivity contribution in [3.8, 4) is 22.6 Å². The van der Waals surface area contributed by atoms with Crippen LogP contribution in [0.1, 0.15) is 11.8 Å². The number of hydrogen-bond donors (Lipinski definition) is 1. The number of rotatable bonds is 3. The van der Waals surface area contributed by atoms with Crippen molar-refractivity contribution >= 4 is 49.4 Å². The zero-order valence-corrected chi connectivity index (χ0v) is 22.0. The second-order valence-electron chi connectivity index (χ2n) is 10.6. The third kappa shape index (κ3) is 3.28. The quantitative estimate of drug-likeness (QED) is 0.248. The molecule has 1 aliphatic rings. The van der Waals surface area contributed by atoms with Gasteiger partial charge in [0.2, 0.25) is 0 Å². The highest BCUT2D eigenvalue weighted by Gasteiger charge is 2.30. The molecule has 0 saturated heterocycles. The molecule has 0 aliphatic carbocycles. The summed E-state index contributed by atoms with van der Waals surface area (Å²) >= 11 is 0. The van der Waals surface area contributed by atoms with Crippen molar-refractivity contribution in [2.45, 2.75) is 6.23 Å². The lowest BCUT2D eigenvalue weighted by molar-refractivity contribution is 0.260. The number of ether oxygens (including phenoxy) is 1. The van der Waals surface area contributed by atoms with Crippen LogP contribution in [0, 0.1) is 0 Å². The third-order valence-electron chi connectivity index (χ3n) is 8.23. The van der Waals surface area contributed by atoms with Crippen LogP contribution in [0.2, 0.25) is 0 Å². The minimum atomic E-state index is -0.323. The van der Waals surface area contributed by atoms with Crippen LogP contribution in [-0.2, 0) is 0 Å². The highest BCUT2D eigenvalue weighted by molar-refractivity contribution is 6.17. The summed E-state index contributed by atoms with van der Waals surface area (Å²) in [6, 6.07) is 46.5. The fraction of sp³-hybridized carbons (Fsp3) is 0.0270. The van der Waals surface area contributed by atoms with Gasteiger partial charge in [0.1, 0.15) is 16.9 Å². The number of hydrogen-bond acceptors (Lipinski definition) is 3. The Bertz CT molecular complexity index is 2260. The molecule has 8 aromatic rings. The van der Waals surface area contributed by atoms with E-state index in [0.717, 1.165) is 55.8 Å². The summed E-state index contributed by atoms with van der Waals surface area (Å²) in [6.07, 6.45) is -0.323. The number of anilines is 1. The van der Waals surface area contributed by atoms with E-state index in [-0.39, 0.29) is 6.23 Å². The second kappa shape index (κ2) is 8.51. The number of nitrogens with one attached hydrogen (secondary N) is 1. The predicted molar refractivity (Wildman–Crippen MR) is 167 cm³/mol. The minimum Gasteiger partial charge on any atom is -0.464 e. The maximum atomic E-state index is 6.67. The van der Waals surface area contributed by atoms with Gasteiger partial charge in [0, 0.05) is 33.0 Å². The Labute approximate surface area is 236 Å². The summed E-state index contributed by atoms with van der Waals surface area (Å²) in [5, 5.41) is 8.27. The van der Waals surface area contributed by atoms with Crippen molar-refractivity contribution in [3.05, 3.63) is 139 Å². The molecule has 0 saturated carbocycles. The lowest BCUT2D eigenvalue weighted by atomic mass is 10.0. The van der Waals surface area contributed by atoms with E-state index in [1.54, 1.807) is 0 Å². The van der Waals surface area contributed by atoms with Gasteiger partial charge in [-0.3, -0.25) is 0 Å². The highest BCUT2D eigenvalue weighted by Crippen LogP contribution is 2.50.